The minimum atomic E-state index is -0.130. The normalized spacial score (nSPS) is 23.8. The minimum Gasteiger partial charge on any atom is -0.348 e. The van der Waals surface area contributed by atoms with Crippen molar-refractivity contribution in [2.45, 2.75) is 25.3 Å². The summed E-state index contributed by atoms with van der Waals surface area (Å²) in [5, 5.41) is 8.36. The van der Waals surface area contributed by atoms with Crippen LogP contribution in [0.4, 0.5) is 0 Å². The lowest BCUT2D eigenvalue weighted by molar-refractivity contribution is 0.0923. The molecule has 2 rings (SSSR count). The highest BCUT2D eigenvalue weighted by Crippen LogP contribution is 2.24. The minimum absolute atomic E-state index is 0. The van der Waals surface area contributed by atoms with E-state index >= 15 is 0 Å². The number of amides is 1. The molecule has 1 aliphatic rings. The number of hydrogen-bond donors (Lipinski definition) is 2. The fraction of sp³-hybridized carbons (Fsp3) is 0.667. The zero-order valence-corrected chi connectivity index (χ0v) is 10.4. The Bertz CT molecular complexity index is 332. The van der Waals surface area contributed by atoms with Crippen LogP contribution in [-0.2, 0) is 0 Å². The second-order valence-corrected chi connectivity index (χ2v) is 4.41. The van der Waals surface area contributed by atoms with Gasteiger partial charge in [0.1, 0.15) is 0 Å². The van der Waals surface area contributed by atoms with Crippen molar-refractivity contribution in [3.05, 3.63) is 11.1 Å². The van der Waals surface area contributed by atoms with E-state index in [0.717, 1.165) is 19.3 Å². The topological polar surface area (TPSA) is 80.9 Å². The van der Waals surface area contributed by atoms with Crippen molar-refractivity contribution in [3.63, 3.8) is 0 Å². The maximum absolute atomic E-state index is 11.7. The molecule has 1 aromatic heterocycles. The second kappa shape index (κ2) is 6.12. The number of rotatable bonds is 3. The van der Waals surface area contributed by atoms with Crippen molar-refractivity contribution in [1.29, 1.82) is 0 Å². The molecular weight excluding hydrogens is 248 g/mol. The Balaban J connectivity index is 0.00000128. The van der Waals surface area contributed by atoms with Gasteiger partial charge < -0.3 is 11.1 Å². The van der Waals surface area contributed by atoms with Gasteiger partial charge in [-0.25, -0.2) is 0 Å². The van der Waals surface area contributed by atoms with Gasteiger partial charge in [0, 0.05) is 11.4 Å². The summed E-state index contributed by atoms with van der Waals surface area (Å²) < 4.78 is 3.66. The van der Waals surface area contributed by atoms with Gasteiger partial charge in [0.05, 0.1) is 0 Å². The Labute approximate surface area is 104 Å². The summed E-state index contributed by atoms with van der Waals surface area (Å²) >= 11 is 1.19. The van der Waals surface area contributed by atoms with Gasteiger partial charge in [-0.3, -0.25) is 4.79 Å². The predicted molar refractivity (Wildman–Crippen MR) is 64.8 cm³/mol. The van der Waals surface area contributed by atoms with E-state index in [1.165, 1.54) is 11.5 Å². The van der Waals surface area contributed by atoms with Crippen LogP contribution in [0, 0.1) is 5.92 Å². The number of carbonyl (C=O) groups is 1. The third kappa shape index (κ3) is 2.90. The molecule has 1 amide bonds. The van der Waals surface area contributed by atoms with Crippen LogP contribution in [0.15, 0.2) is 5.38 Å². The number of nitrogens with zero attached hydrogens (tertiary/aromatic N) is 2. The molecule has 1 aromatic rings. The smallest absolute Gasteiger partial charge is 0.272 e. The maximum atomic E-state index is 11.7. The van der Waals surface area contributed by atoms with Crippen LogP contribution in [0.3, 0.4) is 0 Å². The predicted octanol–water partition coefficient (Wildman–Crippen LogP) is 0.817. The van der Waals surface area contributed by atoms with Crippen LogP contribution in [-0.4, -0.2) is 28.1 Å². The molecule has 0 radical (unpaired) electrons. The van der Waals surface area contributed by atoms with Crippen molar-refractivity contribution < 1.29 is 4.79 Å². The van der Waals surface area contributed by atoms with Crippen LogP contribution in [0.2, 0.25) is 0 Å². The zero-order valence-electron chi connectivity index (χ0n) is 8.76. The van der Waals surface area contributed by atoms with Gasteiger partial charge in [-0.15, -0.1) is 17.5 Å². The number of nitrogens with one attached hydrogen (secondary N) is 1. The summed E-state index contributed by atoms with van der Waals surface area (Å²) in [6, 6.07) is 0.212. The van der Waals surface area contributed by atoms with Gasteiger partial charge in [-0.05, 0) is 36.8 Å². The molecule has 2 atom stereocenters. The Kier molecular flexibility index (Phi) is 5.11. The summed E-state index contributed by atoms with van der Waals surface area (Å²) in [5.74, 6) is 0.287. The Morgan fingerprint density at radius 1 is 1.62 bits per heavy atom. The molecule has 0 bridgehead atoms. The van der Waals surface area contributed by atoms with E-state index < -0.39 is 0 Å². The molecule has 7 heteroatoms. The van der Waals surface area contributed by atoms with Crippen molar-refractivity contribution in [3.8, 4) is 0 Å². The van der Waals surface area contributed by atoms with Crippen molar-refractivity contribution in [2.24, 2.45) is 11.7 Å². The van der Waals surface area contributed by atoms with E-state index in [4.69, 9.17) is 5.73 Å². The molecule has 2 unspecified atom stereocenters. The largest absolute Gasteiger partial charge is 0.348 e. The van der Waals surface area contributed by atoms with Crippen LogP contribution in [0.1, 0.15) is 29.8 Å². The molecule has 16 heavy (non-hydrogen) atoms. The summed E-state index contributed by atoms with van der Waals surface area (Å²) in [6.07, 6.45) is 3.27. The van der Waals surface area contributed by atoms with Crippen LogP contribution < -0.4 is 11.1 Å². The fourth-order valence-electron chi connectivity index (χ4n) is 2.01. The van der Waals surface area contributed by atoms with Crippen LogP contribution in [0.5, 0.6) is 0 Å². The molecular formula is C9H15ClN4OS. The molecule has 1 heterocycles. The first-order valence-corrected chi connectivity index (χ1v) is 5.93. The van der Waals surface area contributed by atoms with Gasteiger partial charge in [0.25, 0.3) is 5.91 Å². The van der Waals surface area contributed by atoms with Crippen LogP contribution in [0.25, 0.3) is 0 Å². The van der Waals surface area contributed by atoms with Crippen molar-refractivity contribution in [2.75, 3.05) is 6.54 Å². The van der Waals surface area contributed by atoms with Gasteiger partial charge in [-0.1, -0.05) is 10.9 Å². The van der Waals surface area contributed by atoms with Gasteiger partial charge >= 0.3 is 0 Å². The highest BCUT2D eigenvalue weighted by atomic mass is 35.5. The van der Waals surface area contributed by atoms with Crippen molar-refractivity contribution >= 4 is 29.8 Å². The lowest BCUT2D eigenvalue weighted by atomic mass is 10.0. The molecule has 90 valence electrons. The van der Waals surface area contributed by atoms with Gasteiger partial charge in [0.2, 0.25) is 0 Å². The van der Waals surface area contributed by atoms with Crippen LogP contribution >= 0.6 is 23.9 Å². The van der Waals surface area contributed by atoms with E-state index in [2.05, 4.69) is 14.9 Å². The first kappa shape index (κ1) is 13.3. The van der Waals surface area contributed by atoms with Gasteiger partial charge in [-0.2, -0.15) is 0 Å². The number of halogens is 1. The highest BCUT2D eigenvalue weighted by molar-refractivity contribution is 7.03. The lowest BCUT2D eigenvalue weighted by Gasteiger charge is -2.18. The third-order valence-electron chi connectivity index (χ3n) is 2.87. The Morgan fingerprint density at radius 2 is 2.44 bits per heavy atom. The fourth-order valence-corrected chi connectivity index (χ4v) is 2.45. The average molecular weight is 263 g/mol. The average Bonchev–Trinajstić information content (AvgIpc) is 2.87. The molecule has 0 aromatic carbocycles. The lowest BCUT2D eigenvalue weighted by Crippen LogP contribution is -2.40. The van der Waals surface area contributed by atoms with E-state index in [9.17, 15) is 4.79 Å². The molecule has 1 fully saturated rings. The molecule has 5 nitrogen and oxygen atoms in total. The van der Waals surface area contributed by atoms with E-state index in [1.54, 1.807) is 5.38 Å². The first-order valence-electron chi connectivity index (χ1n) is 5.09. The number of nitrogens with two attached hydrogens (primary N) is 1. The Morgan fingerprint density at radius 3 is 3.06 bits per heavy atom. The first-order chi connectivity index (χ1) is 7.31. The SMILES string of the molecule is Cl.NCC1CCCC1NC(=O)c1csnn1. The number of carbonyl (C=O) groups excluding carboxylic acids is 1. The molecule has 0 saturated heterocycles. The molecule has 3 N–H and O–H groups in total. The molecule has 0 aliphatic heterocycles. The second-order valence-electron chi connectivity index (χ2n) is 3.80. The summed E-state index contributed by atoms with van der Waals surface area (Å²) in [7, 11) is 0. The number of hydrogen-bond acceptors (Lipinski definition) is 5. The summed E-state index contributed by atoms with van der Waals surface area (Å²) in [6.45, 7) is 0.639. The molecule has 0 spiro atoms. The number of aromatic nitrogens is 2. The van der Waals surface area contributed by atoms with E-state index in [1.807, 2.05) is 0 Å². The summed E-state index contributed by atoms with van der Waals surface area (Å²) in [4.78, 5) is 11.7. The summed E-state index contributed by atoms with van der Waals surface area (Å²) in [5.41, 5.74) is 6.05. The van der Waals surface area contributed by atoms with Crippen molar-refractivity contribution in [1.82, 2.24) is 14.9 Å². The quantitative estimate of drug-likeness (QED) is 0.845. The zero-order chi connectivity index (χ0) is 10.7. The Hall–Kier alpha value is -0.720. The van der Waals surface area contributed by atoms with Gasteiger partial charge in [0.15, 0.2) is 5.69 Å². The third-order valence-corrected chi connectivity index (χ3v) is 3.38. The monoisotopic (exact) mass is 262 g/mol. The molecule has 1 aliphatic carbocycles. The maximum Gasteiger partial charge on any atom is 0.272 e. The molecule has 1 saturated carbocycles. The highest BCUT2D eigenvalue weighted by Gasteiger charge is 2.27. The van der Waals surface area contributed by atoms with E-state index in [0.29, 0.717) is 18.2 Å². The van der Waals surface area contributed by atoms with E-state index in [-0.39, 0.29) is 24.4 Å². The standard InChI is InChI=1S/C9H14N4OS.ClH/c10-4-6-2-1-3-7(6)11-9(14)8-5-15-13-12-8;/h5-7H,1-4,10H2,(H,11,14);1H.